The van der Waals surface area contributed by atoms with Crippen LogP contribution in [0.2, 0.25) is 0 Å². The molecule has 0 aromatic heterocycles. The molecule has 0 aliphatic heterocycles. The van der Waals surface area contributed by atoms with Crippen molar-refractivity contribution in [3.63, 3.8) is 0 Å². The van der Waals surface area contributed by atoms with Crippen LogP contribution in [0.3, 0.4) is 0 Å². The first-order chi connectivity index (χ1) is 29.7. The number of hydrogen-bond acceptors (Lipinski definition) is 10. The molecule has 10 N–H and O–H groups in total. The van der Waals surface area contributed by atoms with Crippen LogP contribution in [0.1, 0.15) is 68.6 Å². The molecule has 18 heteroatoms. The molecule has 3 aromatic carbocycles. The van der Waals surface area contributed by atoms with Crippen molar-refractivity contribution in [2.45, 2.75) is 82.5 Å². The average molecular weight is 858 g/mol. The summed E-state index contributed by atoms with van der Waals surface area (Å²) in [5, 5.41) is 33.7. The molecule has 4 atom stereocenters. The third-order valence-corrected chi connectivity index (χ3v) is 10.0. The summed E-state index contributed by atoms with van der Waals surface area (Å²) in [4.78, 5) is 102. The van der Waals surface area contributed by atoms with Crippen LogP contribution in [0.5, 0.6) is 0 Å². The van der Waals surface area contributed by atoms with E-state index in [1.165, 1.54) is 0 Å². The molecule has 0 fully saturated rings. The predicted octanol–water partition coefficient (Wildman–Crippen LogP) is 1.56. The number of unbranched alkanes of at least 4 members (excludes halogenated alkanes) is 1. The molecule has 1 aliphatic carbocycles. The summed E-state index contributed by atoms with van der Waals surface area (Å²) in [6.45, 7) is 2.59. The smallest absolute Gasteiger partial charge is 0.407 e. The molecule has 0 unspecified atom stereocenters. The Hall–Kier alpha value is -6.82. The van der Waals surface area contributed by atoms with Gasteiger partial charge in [-0.15, -0.1) is 0 Å². The van der Waals surface area contributed by atoms with E-state index in [1.807, 2.05) is 62.4 Å². The molecule has 18 nitrogen and oxygen atoms in total. The highest BCUT2D eigenvalue weighted by molar-refractivity contribution is 5.95. The van der Waals surface area contributed by atoms with Gasteiger partial charge in [0.2, 0.25) is 29.5 Å². The number of carboxylic acid groups (broad SMARTS) is 2. The van der Waals surface area contributed by atoms with Crippen LogP contribution < -0.4 is 37.6 Å². The van der Waals surface area contributed by atoms with E-state index in [2.05, 4.69) is 31.9 Å². The van der Waals surface area contributed by atoms with E-state index in [1.54, 1.807) is 30.3 Å². The van der Waals surface area contributed by atoms with Gasteiger partial charge in [-0.05, 0) is 66.0 Å². The summed E-state index contributed by atoms with van der Waals surface area (Å²) in [6.07, 6.45) is -0.523. The fourth-order valence-corrected chi connectivity index (χ4v) is 7.00. The molecule has 0 heterocycles. The van der Waals surface area contributed by atoms with Gasteiger partial charge in [-0.25, -0.2) is 9.59 Å². The highest BCUT2D eigenvalue weighted by Crippen LogP contribution is 2.44. The molecule has 0 bridgehead atoms. The SMILES string of the molecule is CC(C)C[C@H](NC(=O)[C@H](Cc1ccccc1)NC(=O)CNC(=O)CNC(=O)[C@H](CC(=O)O)NC(=O)OCC1c2ccccc2-c2ccccc21)C(=O)N[C@@H](CCCCN)C(=O)O. The Morgan fingerprint density at radius 3 is 1.82 bits per heavy atom. The third-order valence-electron chi connectivity index (χ3n) is 10.0. The Labute approximate surface area is 359 Å². The first kappa shape index (κ1) is 47.9. The van der Waals surface area contributed by atoms with Crippen molar-refractivity contribution in [2.24, 2.45) is 11.7 Å². The zero-order chi connectivity index (χ0) is 45.2. The standard InChI is InChI=1S/C44H55N7O11/c1-26(2)20-34(41(57)49-33(43(59)60)18-10-11-19-45)50-42(58)35(21-27-12-4-3-5-13-27)48-38(53)24-46-37(52)23-47-40(56)36(22-39(54)55)51-44(61)62-25-32-30-16-8-6-14-28(30)29-15-7-9-17-31(29)32/h3-9,12-17,26,32-36H,10-11,18-25,45H2,1-2H3,(H,46,52)(H,47,56)(H,48,53)(H,49,57)(H,50,58)(H,51,61)(H,54,55)(H,59,60)/t33-,34-,35-,36-/m0/s1. The van der Waals surface area contributed by atoms with Gasteiger partial charge in [0.1, 0.15) is 30.8 Å². The van der Waals surface area contributed by atoms with Crippen LogP contribution in [0.4, 0.5) is 4.79 Å². The number of hydrogen-bond donors (Lipinski definition) is 9. The number of carbonyl (C=O) groups excluding carboxylic acids is 6. The Morgan fingerprint density at radius 2 is 1.23 bits per heavy atom. The lowest BCUT2D eigenvalue weighted by Crippen LogP contribution is -2.57. The number of nitrogens with two attached hydrogens (primary N) is 1. The lowest BCUT2D eigenvalue weighted by Gasteiger charge is -2.25. The minimum absolute atomic E-state index is 0.00306. The van der Waals surface area contributed by atoms with Crippen molar-refractivity contribution in [2.75, 3.05) is 26.2 Å². The highest BCUT2D eigenvalue weighted by atomic mass is 16.5. The maximum atomic E-state index is 13.7. The first-order valence-electron chi connectivity index (χ1n) is 20.4. The summed E-state index contributed by atoms with van der Waals surface area (Å²) in [5.41, 5.74) is 10.1. The Bertz CT molecular complexity index is 2020. The Balaban J connectivity index is 1.31. The van der Waals surface area contributed by atoms with Gasteiger partial charge >= 0.3 is 18.0 Å². The van der Waals surface area contributed by atoms with Crippen molar-refractivity contribution in [1.29, 1.82) is 0 Å². The molecule has 332 valence electrons. The zero-order valence-electron chi connectivity index (χ0n) is 34.7. The van der Waals surface area contributed by atoms with E-state index in [0.29, 0.717) is 24.9 Å². The van der Waals surface area contributed by atoms with Crippen LogP contribution in [-0.4, -0.2) is 108 Å². The number of benzene rings is 3. The number of carbonyl (C=O) groups is 8. The minimum atomic E-state index is -1.61. The first-order valence-corrected chi connectivity index (χ1v) is 20.4. The normalized spacial score (nSPS) is 13.5. The molecule has 4 rings (SSSR count). The van der Waals surface area contributed by atoms with Crippen LogP contribution in [0, 0.1) is 5.92 Å². The number of alkyl carbamates (subject to hydrolysis) is 1. The fourth-order valence-electron chi connectivity index (χ4n) is 7.00. The second-order valence-corrected chi connectivity index (χ2v) is 15.3. The third kappa shape index (κ3) is 14.7. The number of amides is 6. The summed E-state index contributed by atoms with van der Waals surface area (Å²) in [6, 6.07) is 18.9. The highest BCUT2D eigenvalue weighted by Gasteiger charge is 2.32. The molecule has 0 saturated carbocycles. The van der Waals surface area contributed by atoms with Gasteiger partial charge in [-0.3, -0.25) is 28.8 Å². The topological polar surface area (TPSA) is 284 Å². The van der Waals surface area contributed by atoms with Crippen LogP contribution in [-0.2, 0) is 44.7 Å². The van der Waals surface area contributed by atoms with Gasteiger partial charge in [0.25, 0.3) is 0 Å². The number of fused-ring (bicyclic) bond motifs is 3. The van der Waals surface area contributed by atoms with Gasteiger partial charge in [0, 0.05) is 12.3 Å². The van der Waals surface area contributed by atoms with Gasteiger partial charge < -0.3 is 52.6 Å². The number of aliphatic carboxylic acids is 2. The maximum Gasteiger partial charge on any atom is 0.407 e. The largest absolute Gasteiger partial charge is 0.481 e. The number of nitrogens with one attached hydrogen (secondary N) is 6. The molecule has 1 aliphatic rings. The number of rotatable bonds is 24. The van der Waals surface area contributed by atoms with Crippen molar-refractivity contribution >= 4 is 47.6 Å². The second-order valence-electron chi connectivity index (χ2n) is 15.3. The summed E-state index contributed by atoms with van der Waals surface area (Å²) in [7, 11) is 0. The quantitative estimate of drug-likeness (QED) is 0.0581. The van der Waals surface area contributed by atoms with Crippen molar-refractivity contribution in [1.82, 2.24) is 31.9 Å². The number of carboxylic acids is 2. The van der Waals surface area contributed by atoms with Crippen molar-refractivity contribution < 1.29 is 53.3 Å². The van der Waals surface area contributed by atoms with Crippen LogP contribution >= 0.6 is 0 Å². The summed E-state index contributed by atoms with van der Waals surface area (Å²) in [5.74, 6) is -7.08. The van der Waals surface area contributed by atoms with Crippen LogP contribution in [0.15, 0.2) is 78.9 Å². The average Bonchev–Trinajstić information content (AvgIpc) is 3.56. The maximum absolute atomic E-state index is 13.7. The zero-order valence-corrected chi connectivity index (χ0v) is 34.7. The van der Waals surface area contributed by atoms with Gasteiger partial charge in [-0.2, -0.15) is 0 Å². The molecule has 0 spiro atoms. The molecule has 3 aromatic rings. The van der Waals surface area contributed by atoms with Gasteiger partial charge in [0.15, 0.2) is 0 Å². The molecule has 6 amide bonds. The lowest BCUT2D eigenvalue weighted by atomic mass is 9.98. The molecular weight excluding hydrogens is 803 g/mol. The molecule has 0 radical (unpaired) electrons. The van der Waals surface area contributed by atoms with Gasteiger partial charge in [0.05, 0.1) is 19.5 Å². The fraction of sp³-hybridized carbons (Fsp3) is 0.409. The Morgan fingerprint density at radius 1 is 0.645 bits per heavy atom. The monoisotopic (exact) mass is 857 g/mol. The minimum Gasteiger partial charge on any atom is -0.481 e. The van der Waals surface area contributed by atoms with Gasteiger partial charge in [-0.1, -0.05) is 92.7 Å². The Kier molecular flexibility index (Phi) is 18.4. The van der Waals surface area contributed by atoms with E-state index >= 15 is 0 Å². The second kappa shape index (κ2) is 23.8. The van der Waals surface area contributed by atoms with E-state index in [-0.39, 0.29) is 37.7 Å². The van der Waals surface area contributed by atoms with Crippen molar-refractivity contribution in [3.8, 4) is 11.1 Å². The summed E-state index contributed by atoms with van der Waals surface area (Å²) >= 11 is 0. The van der Waals surface area contributed by atoms with E-state index < -0.39 is 91.2 Å². The van der Waals surface area contributed by atoms with E-state index in [0.717, 1.165) is 22.3 Å². The number of ether oxygens (including phenoxy) is 1. The van der Waals surface area contributed by atoms with Crippen molar-refractivity contribution in [3.05, 3.63) is 95.6 Å². The van der Waals surface area contributed by atoms with Crippen LogP contribution in [0.25, 0.3) is 11.1 Å². The summed E-state index contributed by atoms with van der Waals surface area (Å²) < 4.78 is 5.45. The predicted molar refractivity (Wildman–Crippen MR) is 226 cm³/mol. The van der Waals surface area contributed by atoms with E-state index in [4.69, 9.17) is 10.5 Å². The molecular formula is C44H55N7O11. The molecule has 0 saturated heterocycles. The molecule has 62 heavy (non-hydrogen) atoms. The van der Waals surface area contributed by atoms with E-state index in [9.17, 15) is 48.6 Å². The lowest BCUT2D eigenvalue weighted by molar-refractivity contribution is -0.142.